The standard InChI is InChI=1S/C49H34N6/c1-49(2)39-26-16-15-25-35(39)36-27-28-37-38-29-42-40(50-47(33-21-11-5-12-22-33)54(42)34-23-13-6-14-24-34)30-41(38)55(44(37)43(36)49)48-52-45(31-17-7-3-8-18-31)51-46(53-48)32-19-9-4-10-20-32/h3-30H,1-2H3. The first-order valence-electron chi connectivity index (χ1n) is 18.7. The van der Waals surface area contributed by atoms with E-state index < -0.39 is 0 Å². The first-order chi connectivity index (χ1) is 27.0. The van der Waals surface area contributed by atoms with Crippen LogP contribution in [0.2, 0.25) is 0 Å². The molecule has 3 aromatic heterocycles. The number of hydrogen-bond acceptors (Lipinski definition) is 4. The van der Waals surface area contributed by atoms with Crippen molar-refractivity contribution in [3.8, 4) is 56.9 Å². The predicted molar refractivity (Wildman–Crippen MR) is 223 cm³/mol. The molecular weight excluding hydrogens is 673 g/mol. The van der Waals surface area contributed by atoms with Crippen LogP contribution in [0, 0.1) is 0 Å². The van der Waals surface area contributed by atoms with Gasteiger partial charge in [-0.3, -0.25) is 9.13 Å². The molecule has 0 atom stereocenters. The van der Waals surface area contributed by atoms with Gasteiger partial charge in [-0.15, -0.1) is 0 Å². The Kier molecular flexibility index (Phi) is 6.79. The van der Waals surface area contributed by atoms with E-state index >= 15 is 0 Å². The Morgan fingerprint density at radius 3 is 1.69 bits per heavy atom. The largest absolute Gasteiger partial charge is 0.292 e. The van der Waals surface area contributed by atoms with E-state index in [0.717, 1.165) is 61.0 Å². The molecule has 7 aromatic carbocycles. The molecule has 0 aliphatic heterocycles. The van der Waals surface area contributed by atoms with Crippen molar-refractivity contribution < 1.29 is 0 Å². The van der Waals surface area contributed by atoms with Crippen molar-refractivity contribution >= 4 is 32.8 Å². The highest BCUT2D eigenvalue weighted by Crippen LogP contribution is 2.53. The molecule has 0 fully saturated rings. The zero-order valence-electron chi connectivity index (χ0n) is 30.3. The van der Waals surface area contributed by atoms with Crippen molar-refractivity contribution in [1.82, 2.24) is 29.1 Å². The maximum Gasteiger partial charge on any atom is 0.238 e. The van der Waals surface area contributed by atoms with E-state index in [9.17, 15) is 0 Å². The Balaban J connectivity index is 1.30. The molecule has 55 heavy (non-hydrogen) atoms. The first kappa shape index (κ1) is 31.4. The van der Waals surface area contributed by atoms with E-state index in [0.29, 0.717) is 17.6 Å². The molecule has 0 radical (unpaired) electrons. The average Bonchev–Trinajstić information content (AvgIpc) is 3.86. The maximum absolute atomic E-state index is 5.37. The van der Waals surface area contributed by atoms with Gasteiger partial charge in [-0.2, -0.15) is 9.97 Å². The molecule has 0 amide bonds. The molecule has 3 heterocycles. The number of para-hydroxylation sites is 1. The molecule has 11 rings (SSSR count). The van der Waals surface area contributed by atoms with Gasteiger partial charge in [0.2, 0.25) is 5.95 Å². The number of imidazole rings is 1. The lowest BCUT2D eigenvalue weighted by atomic mass is 9.81. The van der Waals surface area contributed by atoms with E-state index in [2.05, 4.69) is 150 Å². The smallest absolute Gasteiger partial charge is 0.238 e. The van der Waals surface area contributed by atoms with Gasteiger partial charge in [0.25, 0.3) is 0 Å². The normalized spacial score (nSPS) is 13.1. The summed E-state index contributed by atoms with van der Waals surface area (Å²) in [5.74, 6) is 2.70. The van der Waals surface area contributed by atoms with Crippen molar-refractivity contribution in [2.45, 2.75) is 19.3 Å². The Bertz CT molecular complexity index is 3030. The second-order valence-corrected chi connectivity index (χ2v) is 14.7. The monoisotopic (exact) mass is 706 g/mol. The van der Waals surface area contributed by atoms with Crippen molar-refractivity contribution in [3.05, 3.63) is 181 Å². The summed E-state index contributed by atoms with van der Waals surface area (Å²) in [5.41, 5.74) is 12.8. The Labute approximate surface area is 318 Å². The van der Waals surface area contributed by atoms with Gasteiger partial charge in [0.05, 0.1) is 22.1 Å². The third kappa shape index (κ3) is 4.74. The molecule has 0 N–H and O–H groups in total. The lowest BCUT2D eigenvalue weighted by molar-refractivity contribution is 0.663. The summed E-state index contributed by atoms with van der Waals surface area (Å²) in [6.45, 7) is 4.68. The van der Waals surface area contributed by atoms with Crippen molar-refractivity contribution in [3.63, 3.8) is 0 Å². The van der Waals surface area contributed by atoms with E-state index in [-0.39, 0.29) is 5.41 Å². The fourth-order valence-corrected chi connectivity index (χ4v) is 8.65. The van der Waals surface area contributed by atoms with Crippen LogP contribution >= 0.6 is 0 Å². The van der Waals surface area contributed by atoms with Crippen LogP contribution in [-0.4, -0.2) is 29.1 Å². The minimum atomic E-state index is -0.285. The molecule has 260 valence electrons. The van der Waals surface area contributed by atoms with Crippen LogP contribution in [-0.2, 0) is 5.41 Å². The van der Waals surface area contributed by atoms with Crippen LogP contribution in [0.5, 0.6) is 0 Å². The van der Waals surface area contributed by atoms with Gasteiger partial charge in [0, 0.05) is 38.6 Å². The molecule has 1 aliphatic rings. The third-order valence-corrected chi connectivity index (χ3v) is 11.2. The molecular formula is C49H34N6. The van der Waals surface area contributed by atoms with Crippen molar-refractivity contribution in [1.29, 1.82) is 0 Å². The molecule has 0 saturated carbocycles. The highest BCUT2D eigenvalue weighted by Gasteiger charge is 2.39. The van der Waals surface area contributed by atoms with Crippen LogP contribution in [0.25, 0.3) is 89.8 Å². The van der Waals surface area contributed by atoms with E-state index in [1.807, 2.05) is 42.5 Å². The topological polar surface area (TPSA) is 61.4 Å². The molecule has 10 aromatic rings. The minimum Gasteiger partial charge on any atom is -0.292 e. The zero-order valence-corrected chi connectivity index (χ0v) is 30.3. The molecule has 6 heteroatoms. The number of benzene rings is 7. The van der Waals surface area contributed by atoms with E-state index in [1.165, 1.54) is 22.3 Å². The number of hydrogen-bond donors (Lipinski definition) is 0. The fourth-order valence-electron chi connectivity index (χ4n) is 8.65. The van der Waals surface area contributed by atoms with Gasteiger partial charge in [-0.1, -0.05) is 159 Å². The van der Waals surface area contributed by atoms with Crippen LogP contribution in [0.15, 0.2) is 170 Å². The molecule has 6 nitrogen and oxygen atoms in total. The van der Waals surface area contributed by atoms with Gasteiger partial charge in [0.1, 0.15) is 5.82 Å². The Morgan fingerprint density at radius 1 is 0.455 bits per heavy atom. The summed E-state index contributed by atoms with van der Waals surface area (Å²) in [7, 11) is 0. The van der Waals surface area contributed by atoms with Crippen LogP contribution in [0.4, 0.5) is 0 Å². The summed E-state index contributed by atoms with van der Waals surface area (Å²) >= 11 is 0. The zero-order chi connectivity index (χ0) is 36.7. The number of fused-ring (bicyclic) bond motifs is 8. The third-order valence-electron chi connectivity index (χ3n) is 11.2. The molecule has 0 saturated heterocycles. The van der Waals surface area contributed by atoms with Crippen molar-refractivity contribution in [2.24, 2.45) is 0 Å². The molecule has 1 aliphatic carbocycles. The highest BCUT2D eigenvalue weighted by atomic mass is 15.2. The average molecular weight is 707 g/mol. The van der Waals surface area contributed by atoms with E-state index in [1.54, 1.807) is 0 Å². The number of rotatable bonds is 5. The summed E-state index contributed by atoms with van der Waals surface area (Å²) in [4.78, 5) is 21.0. The fraction of sp³-hybridized carbons (Fsp3) is 0.0612. The Morgan fingerprint density at radius 2 is 1.04 bits per heavy atom. The first-order valence-corrected chi connectivity index (χ1v) is 18.7. The predicted octanol–water partition coefficient (Wildman–Crippen LogP) is 11.6. The number of aromatic nitrogens is 6. The second-order valence-electron chi connectivity index (χ2n) is 14.7. The maximum atomic E-state index is 5.37. The highest BCUT2D eigenvalue weighted by molar-refractivity contribution is 6.16. The van der Waals surface area contributed by atoms with Gasteiger partial charge < -0.3 is 0 Å². The molecule has 0 spiro atoms. The van der Waals surface area contributed by atoms with Gasteiger partial charge in [-0.05, 0) is 46.5 Å². The Hall–Kier alpha value is -7.18. The van der Waals surface area contributed by atoms with Crippen LogP contribution < -0.4 is 0 Å². The SMILES string of the molecule is CC1(C)c2ccccc2-c2ccc3c4cc5c(cc4n(-c4nc(-c6ccccc6)nc(-c6ccccc6)n4)c3c21)nc(-c1ccccc1)n5-c1ccccc1. The van der Waals surface area contributed by atoms with Gasteiger partial charge >= 0.3 is 0 Å². The van der Waals surface area contributed by atoms with Crippen LogP contribution in [0.1, 0.15) is 25.0 Å². The summed E-state index contributed by atoms with van der Waals surface area (Å²) in [6, 6.07) is 59.2. The summed E-state index contributed by atoms with van der Waals surface area (Å²) < 4.78 is 4.56. The summed E-state index contributed by atoms with van der Waals surface area (Å²) in [6.07, 6.45) is 0. The van der Waals surface area contributed by atoms with Gasteiger partial charge in [-0.25, -0.2) is 9.97 Å². The van der Waals surface area contributed by atoms with Crippen molar-refractivity contribution in [2.75, 3.05) is 0 Å². The summed E-state index contributed by atoms with van der Waals surface area (Å²) in [5, 5.41) is 2.25. The molecule has 0 unspecified atom stereocenters. The second kappa shape index (κ2) is 11.9. The number of nitrogens with zero attached hydrogens (tertiary/aromatic N) is 6. The molecule has 0 bridgehead atoms. The lowest BCUT2D eigenvalue weighted by Crippen LogP contribution is -2.17. The quantitative estimate of drug-likeness (QED) is 0.179. The van der Waals surface area contributed by atoms with Gasteiger partial charge in [0.15, 0.2) is 11.6 Å². The lowest BCUT2D eigenvalue weighted by Gasteiger charge is -2.23. The minimum absolute atomic E-state index is 0.285. The van der Waals surface area contributed by atoms with Crippen LogP contribution in [0.3, 0.4) is 0 Å². The van der Waals surface area contributed by atoms with E-state index in [4.69, 9.17) is 19.9 Å².